The average Bonchev–Trinajstić information content (AvgIpc) is 2.42. The molecule has 0 saturated carbocycles. The fourth-order valence-electron chi connectivity index (χ4n) is 1.48. The van der Waals surface area contributed by atoms with Crippen molar-refractivity contribution in [3.63, 3.8) is 0 Å². The number of rotatable bonds is 3. The summed E-state index contributed by atoms with van der Waals surface area (Å²) in [6.07, 6.45) is 0. The van der Waals surface area contributed by atoms with Gasteiger partial charge in [-0.3, -0.25) is 4.79 Å². The van der Waals surface area contributed by atoms with Gasteiger partial charge in [0.1, 0.15) is 23.1 Å². The summed E-state index contributed by atoms with van der Waals surface area (Å²) in [5, 5.41) is 5.12. The molecule has 2 aromatic rings. The molecule has 1 amide bonds. The molecule has 0 radical (unpaired) electrons. The molecule has 1 heterocycles. The summed E-state index contributed by atoms with van der Waals surface area (Å²) in [7, 11) is 1.67. The number of halogens is 2. The second kappa shape index (κ2) is 5.43. The Labute approximate surface area is 108 Å². The Hall–Kier alpha value is -2.50. The number of carbonyl (C=O) groups is 1. The molecule has 6 heteroatoms. The summed E-state index contributed by atoms with van der Waals surface area (Å²) in [6.45, 7) is 0. The van der Waals surface area contributed by atoms with Crippen LogP contribution in [-0.2, 0) is 0 Å². The molecule has 2 rings (SSSR count). The Morgan fingerprint density at radius 3 is 2.68 bits per heavy atom. The minimum atomic E-state index is -0.835. The molecular formula is C13H11F2N3O. The second-order valence-electron chi connectivity index (χ2n) is 3.74. The van der Waals surface area contributed by atoms with E-state index in [0.717, 1.165) is 12.1 Å². The highest BCUT2D eigenvalue weighted by Crippen LogP contribution is 2.16. The first kappa shape index (κ1) is 12.9. The maximum Gasteiger partial charge on any atom is 0.274 e. The van der Waals surface area contributed by atoms with Gasteiger partial charge in [-0.1, -0.05) is 6.07 Å². The predicted octanol–water partition coefficient (Wildman–Crippen LogP) is 2.65. The van der Waals surface area contributed by atoms with Crippen LogP contribution in [0.25, 0.3) is 0 Å². The van der Waals surface area contributed by atoms with Crippen LogP contribution in [0, 0.1) is 11.6 Å². The van der Waals surface area contributed by atoms with Crippen LogP contribution >= 0.6 is 0 Å². The lowest BCUT2D eigenvalue weighted by molar-refractivity contribution is 0.102. The van der Waals surface area contributed by atoms with E-state index in [1.54, 1.807) is 19.2 Å². The van der Waals surface area contributed by atoms with Crippen molar-refractivity contribution in [3.8, 4) is 0 Å². The van der Waals surface area contributed by atoms with E-state index in [9.17, 15) is 13.6 Å². The van der Waals surface area contributed by atoms with Gasteiger partial charge in [-0.25, -0.2) is 13.8 Å². The van der Waals surface area contributed by atoms with Crippen LogP contribution in [0.3, 0.4) is 0 Å². The van der Waals surface area contributed by atoms with Gasteiger partial charge in [0.05, 0.1) is 5.69 Å². The Morgan fingerprint density at radius 2 is 2.00 bits per heavy atom. The molecule has 19 heavy (non-hydrogen) atoms. The Morgan fingerprint density at radius 1 is 1.21 bits per heavy atom. The van der Waals surface area contributed by atoms with Gasteiger partial charge in [-0.05, 0) is 24.3 Å². The number of pyridine rings is 1. The highest BCUT2D eigenvalue weighted by Gasteiger charge is 2.11. The topological polar surface area (TPSA) is 54.0 Å². The largest absolute Gasteiger partial charge is 0.373 e. The van der Waals surface area contributed by atoms with Crippen LogP contribution in [0.4, 0.5) is 20.3 Å². The van der Waals surface area contributed by atoms with Crippen molar-refractivity contribution in [1.29, 1.82) is 0 Å². The van der Waals surface area contributed by atoms with Gasteiger partial charge < -0.3 is 10.6 Å². The van der Waals surface area contributed by atoms with E-state index in [1.807, 2.05) is 0 Å². The molecule has 0 fully saturated rings. The van der Waals surface area contributed by atoms with Crippen molar-refractivity contribution in [2.45, 2.75) is 0 Å². The van der Waals surface area contributed by atoms with E-state index in [0.29, 0.717) is 11.9 Å². The monoisotopic (exact) mass is 263 g/mol. The van der Waals surface area contributed by atoms with Gasteiger partial charge in [0.2, 0.25) is 0 Å². The quantitative estimate of drug-likeness (QED) is 0.895. The fourth-order valence-corrected chi connectivity index (χ4v) is 1.48. The first-order valence-electron chi connectivity index (χ1n) is 5.51. The van der Waals surface area contributed by atoms with Crippen molar-refractivity contribution in [2.24, 2.45) is 0 Å². The zero-order valence-corrected chi connectivity index (χ0v) is 10.1. The zero-order valence-electron chi connectivity index (χ0n) is 10.1. The lowest BCUT2D eigenvalue weighted by Crippen LogP contribution is -2.15. The number of benzene rings is 1. The van der Waals surface area contributed by atoms with E-state index in [2.05, 4.69) is 15.6 Å². The van der Waals surface area contributed by atoms with Crippen molar-refractivity contribution in [3.05, 3.63) is 53.7 Å². The number of hydrogen-bond donors (Lipinski definition) is 2. The summed E-state index contributed by atoms with van der Waals surface area (Å²) in [6, 6.07) is 7.76. The molecule has 98 valence electrons. The third-order valence-corrected chi connectivity index (χ3v) is 2.42. The first-order valence-corrected chi connectivity index (χ1v) is 5.51. The summed E-state index contributed by atoms with van der Waals surface area (Å²) < 4.78 is 26.1. The van der Waals surface area contributed by atoms with Crippen LogP contribution in [-0.4, -0.2) is 17.9 Å². The minimum absolute atomic E-state index is 0.0944. The Bertz CT molecular complexity index is 617. The SMILES string of the molecule is CNc1cccc(C(=O)Nc2ccc(F)cc2F)n1. The third kappa shape index (κ3) is 3.04. The van der Waals surface area contributed by atoms with Crippen molar-refractivity contribution in [2.75, 3.05) is 17.7 Å². The van der Waals surface area contributed by atoms with Crippen molar-refractivity contribution in [1.82, 2.24) is 4.98 Å². The molecule has 2 N–H and O–H groups in total. The second-order valence-corrected chi connectivity index (χ2v) is 3.74. The normalized spacial score (nSPS) is 10.1. The van der Waals surface area contributed by atoms with Crippen molar-refractivity contribution >= 4 is 17.4 Å². The highest BCUT2D eigenvalue weighted by atomic mass is 19.1. The standard InChI is InChI=1S/C13H11F2N3O/c1-16-12-4-2-3-11(17-12)13(19)18-10-6-5-8(14)7-9(10)15/h2-7H,1H3,(H,16,17)(H,18,19). The molecule has 4 nitrogen and oxygen atoms in total. The van der Waals surface area contributed by atoms with Gasteiger partial charge in [-0.15, -0.1) is 0 Å². The van der Waals surface area contributed by atoms with Crippen LogP contribution in [0.15, 0.2) is 36.4 Å². The molecule has 0 aliphatic rings. The zero-order chi connectivity index (χ0) is 13.8. The molecule has 0 spiro atoms. The predicted molar refractivity (Wildman–Crippen MR) is 68.1 cm³/mol. The van der Waals surface area contributed by atoms with E-state index in [4.69, 9.17) is 0 Å². The first-order chi connectivity index (χ1) is 9.10. The number of carbonyl (C=O) groups excluding carboxylic acids is 1. The van der Waals surface area contributed by atoms with Gasteiger partial charge in [0, 0.05) is 13.1 Å². The van der Waals surface area contributed by atoms with E-state index < -0.39 is 17.5 Å². The Kier molecular flexibility index (Phi) is 3.70. The lowest BCUT2D eigenvalue weighted by Gasteiger charge is -2.07. The molecule has 0 aliphatic heterocycles. The van der Waals surface area contributed by atoms with Gasteiger partial charge in [0.25, 0.3) is 5.91 Å². The highest BCUT2D eigenvalue weighted by molar-refractivity contribution is 6.03. The number of nitrogens with one attached hydrogen (secondary N) is 2. The number of hydrogen-bond acceptors (Lipinski definition) is 3. The number of amides is 1. The van der Waals surface area contributed by atoms with Crippen molar-refractivity contribution < 1.29 is 13.6 Å². The third-order valence-electron chi connectivity index (χ3n) is 2.42. The summed E-state index contributed by atoms with van der Waals surface area (Å²) in [4.78, 5) is 15.9. The molecule has 1 aromatic heterocycles. The van der Waals surface area contributed by atoms with Gasteiger partial charge in [-0.2, -0.15) is 0 Å². The molecule has 0 bridgehead atoms. The smallest absolute Gasteiger partial charge is 0.274 e. The molecular weight excluding hydrogens is 252 g/mol. The number of aromatic nitrogens is 1. The number of nitrogens with zero attached hydrogens (tertiary/aromatic N) is 1. The molecule has 1 aromatic carbocycles. The average molecular weight is 263 g/mol. The van der Waals surface area contributed by atoms with E-state index in [-0.39, 0.29) is 11.4 Å². The lowest BCUT2D eigenvalue weighted by atomic mass is 10.2. The van der Waals surface area contributed by atoms with Crippen LogP contribution in [0.1, 0.15) is 10.5 Å². The molecule has 0 aliphatic carbocycles. The Balaban J connectivity index is 2.20. The summed E-state index contributed by atoms with van der Waals surface area (Å²) in [5.41, 5.74) is 0.0404. The van der Waals surface area contributed by atoms with Gasteiger partial charge >= 0.3 is 0 Å². The van der Waals surface area contributed by atoms with E-state index >= 15 is 0 Å². The molecule has 0 saturated heterocycles. The number of anilines is 2. The molecule has 0 unspecified atom stereocenters. The maximum atomic E-state index is 13.4. The maximum absolute atomic E-state index is 13.4. The summed E-state index contributed by atoms with van der Waals surface area (Å²) >= 11 is 0. The minimum Gasteiger partial charge on any atom is -0.373 e. The summed E-state index contributed by atoms with van der Waals surface area (Å²) in [5.74, 6) is -1.58. The van der Waals surface area contributed by atoms with E-state index in [1.165, 1.54) is 6.07 Å². The fraction of sp³-hybridized carbons (Fsp3) is 0.0769. The molecule has 0 atom stereocenters. The van der Waals surface area contributed by atoms with Crippen LogP contribution in [0.5, 0.6) is 0 Å². The van der Waals surface area contributed by atoms with Crippen LogP contribution < -0.4 is 10.6 Å². The van der Waals surface area contributed by atoms with Crippen LogP contribution in [0.2, 0.25) is 0 Å². The van der Waals surface area contributed by atoms with Gasteiger partial charge in [0.15, 0.2) is 0 Å².